The van der Waals surface area contributed by atoms with Gasteiger partial charge in [-0.1, -0.05) is 36.0 Å². The van der Waals surface area contributed by atoms with Gasteiger partial charge in [0, 0.05) is 53.2 Å². The maximum atomic E-state index is 13.2. The van der Waals surface area contributed by atoms with Crippen molar-refractivity contribution in [3.05, 3.63) is 96.9 Å². The molecule has 1 amide bonds. The zero-order valence-electron chi connectivity index (χ0n) is 17.2. The van der Waals surface area contributed by atoms with Gasteiger partial charge in [-0.2, -0.15) is 0 Å². The fourth-order valence-electron chi connectivity index (χ4n) is 3.21. The molecular weight excluding hydrogens is 438 g/mol. The highest BCUT2D eigenvalue weighted by Crippen LogP contribution is 2.32. The van der Waals surface area contributed by atoms with Gasteiger partial charge in [-0.25, -0.2) is 15.0 Å². The van der Waals surface area contributed by atoms with E-state index in [0.717, 1.165) is 10.9 Å². The molecule has 3 aromatic heterocycles. The molecule has 0 atom stereocenters. The van der Waals surface area contributed by atoms with Crippen LogP contribution in [0.2, 0.25) is 0 Å². The van der Waals surface area contributed by atoms with Crippen LogP contribution in [0.25, 0.3) is 11.0 Å². The van der Waals surface area contributed by atoms with E-state index in [0.29, 0.717) is 33.8 Å². The monoisotopic (exact) mass is 455 g/mol. The van der Waals surface area contributed by atoms with Crippen LogP contribution < -0.4 is 10.1 Å². The highest BCUT2D eigenvalue weighted by atomic mass is 32.2. The molecule has 8 nitrogen and oxygen atoms in total. The molecule has 162 valence electrons. The predicted molar refractivity (Wildman–Crippen MR) is 124 cm³/mol. The Kier molecular flexibility index (Phi) is 5.94. The zero-order chi connectivity index (χ0) is 22.5. The van der Waals surface area contributed by atoms with Crippen LogP contribution in [0.15, 0.2) is 95.2 Å². The Hall–Kier alpha value is -4.24. The summed E-state index contributed by atoms with van der Waals surface area (Å²) in [4.78, 5) is 29.7. The summed E-state index contributed by atoms with van der Waals surface area (Å²) in [5, 5.41) is 4.40. The lowest BCUT2D eigenvalue weighted by Crippen LogP contribution is -2.12. The fourth-order valence-corrected chi connectivity index (χ4v) is 4.04. The standard InChI is InChI=1S/C24H17N5O3S/c30-23(29-16-5-3-6-17(13-16)31-21-14-25-11-12-26-21)22-19(15-33-24-27-9-4-10-28-24)18-7-1-2-8-20(18)32-22/h1-14H,15H2,(H,29,30). The number of aromatic nitrogens is 4. The van der Waals surface area contributed by atoms with E-state index in [1.165, 1.54) is 18.0 Å². The molecule has 0 aliphatic carbocycles. The zero-order valence-corrected chi connectivity index (χ0v) is 18.0. The van der Waals surface area contributed by atoms with Gasteiger partial charge in [-0.15, -0.1) is 0 Å². The number of thioether (sulfide) groups is 1. The van der Waals surface area contributed by atoms with Gasteiger partial charge in [-0.3, -0.25) is 9.78 Å². The number of ether oxygens (including phenoxy) is 1. The summed E-state index contributed by atoms with van der Waals surface area (Å²) in [7, 11) is 0. The number of amides is 1. The molecule has 0 bridgehead atoms. The van der Waals surface area contributed by atoms with Crippen molar-refractivity contribution < 1.29 is 13.9 Å². The number of benzene rings is 2. The van der Waals surface area contributed by atoms with Crippen LogP contribution in [-0.4, -0.2) is 25.8 Å². The van der Waals surface area contributed by atoms with Crippen molar-refractivity contribution in [2.45, 2.75) is 10.9 Å². The van der Waals surface area contributed by atoms with Crippen LogP contribution in [0.5, 0.6) is 11.6 Å². The minimum Gasteiger partial charge on any atom is -0.451 e. The molecule has 2 aromatic carbocycles. The van der Waals surface area contributed by atoms with Gasteiger partial charge < -0.3 is 14.5 Å². The lowest BCUT2D eigenvalue weighted by molar-refractivity contribution is 0.0998. The van der Waals surface area contributed by atoms with Gasteiger partial charge in [0.05, 0.1) is 6.20 Å². The number of anilines is 1. The molecule has 0 radical (unpaired) electrons. The number of furan rings is 1. The molecule has 5 aromatic rings. The first-order chi connectivity index (χ1) is 16.3. The number of nitrogens with one attached hydrogen (secondary N) is 1. The lowest BCUT2D eigenvalue weighted by atomic mass is 10.1. The van der Waals surface area contributed by atoms with Crippen molar-refractivity contribution in [3.8, 4) is 11.6 Å². The molecule has 5 rings (SSSR count). The number of fused-ring (bicyclic) bond motifs is 1. The number of rotatable bonds is 7. The van der Waals surface area contributed by atoms with Gasteiger partial charge in [0.15, 0.2) is 10.9 Å². The molecule has 0 saturated carbocycles. The van der Waals surface area contributed by atoms with Crippen molar-refractivity contribution in [1.82, 2.24) is 19.9 Å². The Bertz CT molecular complexity index is 1390. The van der Waals surface area contributed by atoms with Crippen LogP contribution >= 0.6 is 11.8 Å². The maximum Gasteiger partial charge on any atom is 0.291 e. The molecule has 0 spiro atoms. The third kappa shape index (κ3) is 4.83. The lowest BCUT2D eigenvalue weighted by Gasteiger charge is -2.08. The fraction of sp³-hybridized carbons (Fsp3) is 0.0417. The van der Waals surface area contributed by atoms with Crippen molar-refractivity contribution in [3.63, 3.8) is 0 Å². The van der Waals surface area contributed by atoms with E-state index >= 15 is 0 Å². The van der Waals surface area contributed by atoms with Gasteiger partial charge in [-0.05, 0) is 24.3 Å². The predicted octanol–water partition coefficient (Wildman–Crippen LogP) is 5.35. The summed E-state index contributed by atoms with van der Waals surface area (Å²) < 4.78 is 11.6. The largest absolute Gasteiger partial charge is 0.451 e. The smallest absolute Gasteiger partial charge is 0.291 e. The Morgan fingerprint density at radius 1 is 0.970 bits per heavy atom. The van der Waals surface area contributed by atoms with Gasteiger partial charge >= 0.3 is 0 Å². The summed E-state index contributed by atoms with van der Waals surface area (Å²) in [6, 6.07) is 16.4. The van der Waals surface area contributed by atoms with E-state index in [1.807, 2.05) is 24.3 Å². The van der Waals surface area contributed by atoms with Crippen molar-refractivity contribution in [2.24, 2.45) is 0 Å². The highest BCUT2D eigenvalue weighted by molar-refractivity contribution is 7.98. The third-order valence-corrected chi connectivity index (χ3v) is 5.55. The topological polar surface area (TPSA) is 103 Å². The third-order valence-electron chi connectivity index (χ3n) is 4.65. The first kappa shape index (κ1) is 20.7. The molecule has 0 saturated heterocycles. The van der Waals surface area contributed by atoms with E-state index in [9.17, 15) is 4.79 Å². The molecule has 9 heteroatoms. The molecule has 33 heavy (non-hydrogen) atoms. The van der Waals surface area contributed by atoms with E-state index in [1.54, 1.807) is 55.1 Å². The molecule has 0 aliphatic rings. The summed E-state index contributed by atoms with van der Waals surface area (Å²) in [6.45, 7) is 0. The molecule has 0 unspecified atom stereocenters. The second-order valence-corrected chi connectivity index (χ2v) is 7.80. The first-order valence-electron chi connectivity index (χ1n) is 10.0. The molecule has 0 fully saturated rings. The Balaban J connectivity index is 1.39. The van der Waals surface area contributed by atoms with Crippen molar-refractivity contribution in [1.29, 1.82) is 0 Å². The van der Waals surface area contributed by atoms with Crippen LogP contribution in [0, 0.1) is 0 Å². The first-order valence-corrected chi connectivity index (χ1v) is 11.0. The average Bonchev–Trinajstić information content (AvgIpc) is 3.23. The van der Waals surface area contributed by atoms with Gasteiger partial charge in [0.25, 0.3) is 5.91 Å². The number of carbonyl (C=O) groups is 1. The summed E-state index contributed by atoms with van der Waals surface area (Å²) in [6.07, 6.45) is 8.00. The van der Waals surface area contributed by atoms with Gasteiger partial charge in [0.2, 0.25) is 5.88 Å². The van der Waals surface area contributed by atoms with Crippen molar-refractivity contribution in [2.75, 3.05) is 5.32 Å². The number of carbonyl (C=O) groups excluding carboxylic acids is 1. The number of hydrogen-bond donors (Lipinski definition) is 1. The normalized spacial score (nSPS) is 10.8. The van der Waals surface area contributed by atoms with E-state index in [2.05, 4.69) is 25.3 Å². The summed E-state index contributed by atoms with van der Waals surface area (Å²) >= 11 is 1.44. The van der Waals surface area contributed by atoms with Crippen LogP contribution in [-0.2, 0) is 5.75 Å². The second kappa shape index (κ2) is 9.49. The molecule has 3 heterocycles. The second-order valence-electron chi connectivity index (χ2n) is 6.85. The summed E-state index contributed by atoms with van der Waals surface area (Å²) in [5.41, 5.74) is 1.99. The summed E-state index contributed by atoms with van der Waals surface area (Å²) in [5.74, 6) is 1.27. The van der Waals surface area contributed by atoms with E-state index < -0.39 is 0 Å². The highest BCUT2D eigenvalue weighted by Gasteiger charge is 2.21. The Morgan fingerprint density at radius 2 is 1.85 bits per heavy atom. The molecular formula is C24H17N5O3S. The average molecular weight is 455 g/mol. The molecule has 0 aliphatic heterocycles. The Labute approximate surface area is 193 Å². The minimum absolute atomic E-state index is 0.250. The minimum atomic E-state index is -0.354. The quantitative estimate of drug-likeness (QED) is 0.259. The SMILES string of the molecule is O=C(Nc1cccc(Oc2cnccn2)c1)c1oc2ccccc2c1CSc1ncccn1. The van der Waals surface area contributed by atoms with E-state index in [4.69, 9.17) is 9.15 Å². The van der Waals surface area contributed by atoms with Crippen molar-refractivity contribution >= 4 is 34.3 Å². The Morgan fingerprint density at radius 3 is 2.70 bits per heavy atom. The van der Waals surface area contributed by atoms with Crippen LogP contribution in [0.1, 0.15) is 16.1 Å². The number of hydrogen-bond acceptors (Lipinski definition) is 8. The number of nitrogens with zero attached hydrogens (tertiary/aromatic N) is 4. The van der Waals surface area contributed by atoms with E-state index in [-0.39, 0.29) is 11.7 Å². The van der Waals surface area contributed by atoms with Gasteiger partial charge in [0.1, 0.15) is 11.3 Å². The van der Waals surface area contributed by atoms with Crippen LogP contribution in [0.4, 0.5) is 5.69 Å². The maximum absolute atomic E-state index is 13.2. The molecule has 1 N–H and O–H groups in total. The van der Waals surface area contributed by atoms with Crippen LogP contribution in [0.3, 0.4) is 0 Å². The number of para-hydroxylation sites is 1.